The molecule has 1 N–H and O–H groups in total. The van der Waals surface area contributed by atoms with Gasteiger partial charge in [-0.25, -0.2) is 0 Å². The van der Waals surface area contributed by atoms with Gasteiger partial charge in [0.05, 0.1) is 17.2 Å². The van der Waals surface area contributed by atoms with Gasteiger partial charge < -0.3 is 9.84 Å². The first-order valence-electron chi connectivity index (χ1n) is 4.94. The summed E-state index contributed by atoms with van der Waals surface area (Å²) < 4.78 is 5.15. The zero-order chi connectivity index (χ0) is 12.4. The Balaban J connectivity index is 2.49. The van der Waals surface area contributed by atoms with Crippen LogP contribution in [0.4, 0.5) is 0 Å². The molecule has 0 fully saturated rings. The van der Waals surface area contributed by atoms with Gasteiger partial charge >= 0.3 is 0 Å². The number of methoxy groups -OCH3 is 1. The molecule has 0 saturated carbocycles. The summed E-state index contributed by atoms with van der Waals surface area (Å²) in [6.07, 6.45) is 0. The van der Waals surface area contributed by atoms with Gasteiger partial charge in [-0.2, -0.15) is 0 Å². The second-order valence-corrected chi connectivity index (χ2v) is 4.33. The Bertz CT molecular complexity index is 553. The second-order valence-electron chi connectivity index (χ2n) is 3.52. The number of phenols is 1. The van der Waals surface area contributed by atoms with Crippen molar-refractivity contribution in [2.24, 2.45) is 0 Å². The fourth-order valence-corrected chi connectivity index (χ4v) is 1.90. The third-order valence-corrected chi connectivity index (χ3v) is 3.05. The number of hydrogen-bond acceptors (Lipinski definition) is 2. The molecule has 88 valence electrons. The van der Waals surface area contributed by atoms with Crippen molar-refractivity contribution in [2.75, 3.05) is 7.11 Å². The Kier molecular flexibility index (Phi) is 3.46. The van der Waals surface area contributed by atoms with Crippen LogP contribution < -0.4 is 4.74 Å². The minimum Gasteiger partial charge on any atom is -0.506 e. The van der Waals surface area contributed by atoms with Gasteiger partial charge in [0.15, 0.2) is 0 Å². The zero-order valence-electron chi connectivity index (χ0n) is 9.08. The molecule has 4 heteroatoms. The van der Waals surface area contributed by atoms with Gasteiger partial charge in [0.1, 0.15) is 11.5 Å². The van der Waals surface area contributed by atoms with Crippen LogP contribution in [0, 0.1) is 0 Å². The van der Waals surface area contributed by atoms with E-state index >= 15 is 0 Å². The third-order valence-electron chi connectivity index (χ3n) is 2.43. The van der Waals surface area contributed by atoms with E-state index in [0.717, 1.165) is 11.1 Å². The van der Waals surface area contributed by atoms with E-state index in [1.54, 1.807) is 31.4 Å². The lowest BCUT2D eigenvalue weighted by Crippen LogP contribution is -1.85. The van der Waals surface area contributed by atoms with Crippen LogP contribution in [-0.2, 0) is 0 Å². The van der Waals surface area contributed by atoms with Crippen LogP contribution in [0.15, 0.2) is 36.4 Å². The predicted octanol–water partition coefficient (Wildman–Crippen LogP) is 4.37. The van der Waals surface area contributed by atoms with Crippen LogP contribution >= 0.6 is 23.2 Å². The lowest BCUT2D eigenvalue weighted by atomic mass is 10.1. The largest absolute Gasteiger partial charge is 0.506 e. The van der Waals surface area contributed by atoms with E-state index < -0.39 is 0 Å². The summed E-state index contributed by atoms with van der Waals surface area (Å²) in [6, 6.07) is 10.5. The molecule has 2 rings (SSSR count). The molecular weight excluding hydrogens is 259 g/mol. The number of hydrogen-bond donors (Lipinski definition) is 1. The SMILES string of the molecule is COc1cc(-c2ccc(O)c(Cl)c2)ccc1Cl. The number of phenolic OH excluding ortho intramolecular Hbond substituents is 1. The lowest BCUT2D eigenvalue weighted by molar-refractivity contribution is 0.415. The fraction of sp³-hybridized carbons (Fsp3) is 0.0769. The average molecular weight is 269 g/mol. The van der Waals surface area contributed by atoms with Crippen molar-refractivity contribution in [3.63, 3.8) is 0 Å². The number of ether oxygens (including phenoxy) is 1. The summed E-state index contributed by atoms with van der Waals surface area (Å²) in [5.74, 6) is 0.671. The van der Waals surface area contributed by atoms with Crippen molar-refractivity contribution in [2.45, 2.75) is 0 Å². The first kappa shape index (κ1) is 12.1. The van der Waals surface area contributed by atoms with E-state index in [9.17, 15) is 5.11 Å². The summed E-state index contributed by atoms with van der Waals surface area (Å²) in [4.78, 5) is 0. The molecular formula is C13H10Cl2O2. The second kappa shape index (κ2) is 4.86. The maximum Gasteiger partial charge on any atom is 0.138 e. The maximum absolute atomic E-state index is 9.36. The van der Waals surface area contributed by atoms with Gasteiger partial charge in [-0.05, 0) is 35.4 Å². The van der Waals surface area contributed by atoms with E-state index in [1.165, 1.54) is 0 Å². The van der Waals surface area contributed by atoms with E-state index in [2.05, 4.69) is 0 Å². The highest BCUT2D eigenvalue weighted by Gasteiger charge is 2.06. The summed E-state index contributed by atoms with van der Waals surface area (Å²) in [7, 11) is 1.56. The summed E-state index contributed by atoms with van der Waals surface area (Å²) in [6.45, 7) is 0. The molecule has 0 aliphatic heterocycles. The molecule has 0 heterocycles. The Morgan fingerprint density at radius 3 is 2.24 bits per heavy atom. The van der Waals surface area contributed by atoms with Gasteiger partial charge in [0, 0.05) is 0 Å². The molecule has 0 saturated heterocycles. The number of benzene rings is 2. The quantitative estimate of drug-likeness (QED) is 0.876. The average Bonchev–Trinajstić information content (AvgIpc) is 2.33. The molecule has 2 nitrogen and oxygen atoms in total. The number of halogens is 2. The van der Waals surface area contributed by atoms with Gasteiger partial charge in [-0.15, -0.1) is 0 Å². The molecule has 0 aliphatic carbocycles. The van der Waals surface area contributed by atoms with Crippen LogP contribution in [0.1, 0.15) is 0 Å². The van der Waals surface area contributed by atoms with Gasteiger partial charge in [0.2, 0.25) is 0 Å². The smallest absolute Gasteiger partial charge is 0.138 e. The van der Waals surface area contributed by atoms with E-state index in [1.807, 2.05) is 12.1 Å². The monoisotopic (exact) mass is 268 g/mol. The first-order chi connectivity index (χ1) is 8.11. The van der Waals surface area contributed by atoms with Crippen molar-refractivity contribution < 1.29 is 9.84 Å². The molecule has 0 amide bonds. The molecule has 0 aromatic heterocycles. The predicted molar refractivity (Wildman–Crippen MR) is 70.1 cm³/mol. The number of aromatic hydroxyl groups is 1. The van der Waals surface area contributed by atoms with Crippen LogP contribution in [-0.4, -0.2) is 12.2 Å². The Hall–Kier alpha value is -1.38. The molecule has 0 unspecified atom stereocenters. The van der Waals surface area contributed by atoms with Gasteiger partial charge in [-0.1, -0.05) is 35.3 Å². The van der Waals surface area contributed by atoms with Crippen LogP contribution in [0.2, 0.25) is 10.0 Å². The molecule has 0 bridgehead atoms. The van der Waals surface area contributed by atoms with Crippen LogP contribution in [0.25, 0.3) is 11.1 Å². The van der Waals surface area contributed by atoms with Crippen LogP contribution in [0.5, 0.6) is 11.5 Å². The van der Waals surface area contributed by atoms with Crippen molar-refractivity contribution in [1.29, 1.82) is 0 Å². The highest BCUT2D eigenvalue weighted by Crippen LogP contribution is 2.33. The first-order valence-corrected chi connectivity index (χ1v) is 5.70. The molecule has 0 atom stereocenters. The summed E-state index contributed by atoms with van der Waals surface area (Å²) in [5.41, 5.74) is 1.82. The zero-order valence-corrected chi connectivity index (χ0v) is 10.6. The maximum atomic E-state index is 9.36. The van der Waals surface area contributed by atoms with E-state index in [0.29, 0.717) is 15.8 Å². The molecule has 0 radical (unpaired) electrons. The summed E-state index contributed by atoms with van der Waals surface area (Å²) >= 11 is 11.8. The molecule has 17 heavy (non-hydrogen) atoms. The van der Waals surface area contributed by atoms with Crippen molar-refractivity contribution in [3.8, 4) is 22.6 Å². The van der Waals surface area contributed by atoms with Crippen molar-refractivity contribution in [1.82, 2.24) is 0 Å². The standard InChI is InChI=1S/C13H10Cl2O2/c1-17-13-7-9(2-4-10(13)14)8-3-5-12(16)11(15)6-8/h2-7,16H,1H3. The van der Waals surface area contributed by atoms with Gasteiger partial charge in [-0.3, -0.25) is 0 Å². The minimum absolute atomic E-state index is 0.0661. The molecule has 2 aromatic carbocycles. The normalized spacial score (nSPS) is 10.3. The van der Waals surface area contributed by atoms with Gasteiger partial charge in [0.25, 0.3) is 0 Å². The minimum atomic E-state index is 0.0661. The molecule has 0 aliphatic rings. The fourth-order valence-electron chi connectivity index (χ4n) is 1.53. The lowest BCUT2D eigenvalue weighted by Gasteiger charge is -2.07. The van der Waals surface area contributed by atoms with Crippen LogP contribution in [0.3, 0.4) is 0 Å². The molecule has 2 aromatic rings. The topological polar surface area (TPSA) is 29.5 Å². The van der Waals surface area contributed by atoms with E-state index in [4.69, 9.17) is 27.9 Å². The Morgan fingerprint density at radius 1 is 0.941 bits per heavy atom. The van der Waals surface area contributed by atoms with Crippen molar-refractivity contribution >= 4 is 23.2 Å². The third kappa shape index (κ3) is 2.48. The molecule has 0 spiro atoms. The Morgan fingerprint density at radius 2 is 1.59 bits per heavy atom. The van der Waals surface area contributed by atoms with Crippen molar-refractivity contribution in [3.05, 3.63) is 46.4 Å². The Labute approximate surface area is 109 Å². The van der Waals surface area contributed by atoms with E-state index in [-0.39, 0.29) is 5.75 Å². The summed E-state index contributed by atoms with van der Waals surface area (Å²) in [5, 5.41) is 10.2. The highest BCUT2D eigenvalue weighted by molar-refractivity contribution is 6.32. The number of rotatable bonds is 2. The highest BCUT2D eigenvalue weighted by atomic mass is 35.5.